The third-order valence-corrected chi connectivity index (χ3v) is 6.38. The van der Waals surface area contributed by atoms with Crippen LogP contribution in [0.1, 0.15) is 26.7 Å². The maximum Gasteiger partial charge on any atom is 0.309 e. The molecule has 150 valence electrons. The van der Waals surface area contributed by atoms with Crippen molar-refractivity contribution in [3.05, 3.63) is 24.3 Å². The molecule has 9 heteroatoms. The second-order valence-corrected chi connectivity index (χ2v) is 8.21. The Labute approximate surface area is 159 Å². The predicted octanol–water partition coefficient (Wildman–Crippen LogP) is 1.16. The summed E-state index contributed by atoms with van der Waals surface area (Å²) >= 11 is 0. The summed E-state index contributed by atoms with van der Waals surface area (Å²) in [7, 11) is -2.13. The Kier molecular flexibility index (Phi) is 7.20. The summed E-state index contributed by atoms with van der Waals surface area (Å²) in [6, 6.07) is 5.97. The van der Waals surface area contributed by atoms with E-state index in [4.69, 9.17) is 9.47 Å². The normalized spacial score (nSPS) is 17.1. The van der Waals surface area contributed by atoms with Gasteiger partial charge in [-0.2, -0.15) is 4.31 Å². The average molecular weight is 398 g/mol. The smallest absolute Gasteiger partial charge is 0.309 e. The minimum atomic E-state index is -3.64. The van der Waals surface area contributed by atoms with Crippen molar-refractivity contribution in [2.75, 3.05) is 26.7 Å². The first-order valence-corrected chi connectivity index (χ1v) is 10.4. The Bertz CT molecular complexity index is 755. The maximum atomic E-state index is 12.8. The highest BCUT2D eigenvalue weighted by atomic mass is 32.2. The van der Waals surface area contributed by atoms with Crippen LogP contribution >= 0.6 is 0 Å². The summed E-state index contributed by atoms with van der Waals surface area (Å²) in [5.74, 6) is -0.373. The van der Waals surface area contributed by atoms with Crippen molar-refractivity contribution in [3.63, 3.8) is 0 Å². The molecule has 27 heavy (non-hydrogen) atoms. The van der Waals surface area contributed by atoms with Crippen LogP contribution in [0.4, 0.5) is 0 Å². The van der Waals surface area contributed by atoms with Crippen molar-refractivity contribution in [1.29, 1.82) is 0 Å². The molecular formula is C18H26N2O6S. The van der Waals surface area contributed by atoms with Crippen LogP contribution in [-0.4, -0.2) is 57.4 Å². The van der Waals surface area contributed by atoms with Gasteiger partial charge in [0, 0.05) is 20.1 Å². The number of likely N-dealkylation sites (N-methyl/N-ethyl adjacent to an activating group) is 1. The molecule has 0 bridgehead atoms. The molecule has 0 unspecified atom stereocenters. The molecule has 1 aromatic rings. The molecule has 1 aliphatic rings. The van der Waals surface area contributed by atoms with Gasteiger partial charge in [-0.3, -0.25) is 9.59 Å². The Morgan fingerprint density at radius 2 is 1.81 bits per heavy atom. The first-order chi connectivity index (χ1) is 12.8. The zero-order valence-corrected chi connectivity index (χ0v) is 16.6. The molecule has 8 nitrogen and oxygen atoms in total. The first-order valence-electron chi connectivity index (χ1n) is 8.94. The predicted molar refractivity (Wildman–Crippen MR) is 98.7 cm³/mol. The van der Waals surface area contributed by atoms with Gasteiger partial charge in [-0.15, -0.1) is 0 Å². The number of sulfonamides is 1. The van der Waals surface area contributed by atoms with Crippen molar-refractivity contribution in [2.45, 2.75) is 37.7 Å². The number of esters is 1. The summed E-state index contributed by atoms with van der Waals surface area (Å²) in [6.45, 7) is 4.23. The van der Waals surface area contributed by atoms with Crippen LogP contribution in [-0.2, 0) is 24.3 Å². The van der Waals surface area contributed by atoms with Gasteiger partial charge in [0.15, 0.2) is 6.10 Å². The van der Waals surface area contributed by atoms with Crippen molar-refractivity contribution < 1.29 is 27.5 Å². The molecular weight excluding hydrogens is 372 g/mol. The van der Waals surface area contributed by atoms with Crippen LogP contribution in [0.3, 0.4) is 0 Å². The second kappa shape index (κ2) is 9.18. The first kappa shape index (κ1) is 21.2. The van der Waals surface area contributed by atoms with Crippen LogP contribution in [0.25, 0.3) is 0 Å². The zero-order chi connectivity index (χ0) is 20.0. The molecule has 1 aliphatic heterocycles. The van der Waals surface area contributed by atoms with E-state index in [2.05, 4.69) is 5.32 Å². The van der Waals surface area contributed by atoms with Gasteiger partial charge in [0.25, 0.3) is 5.91 Å². The van der Waals surface area contributed by atoms with E-state index in [0.717, 1.165) is 0 Å². The second-order valence-electron chi connectivity index (χ2n) is 6.28. The lowest BCUT2D eigenvalue weighted by atomic mass is 9.98. The molecule has 0 aromatic heterocycles. The van der Waals surface area contributed by atoms with Gasteiger partial charge >= 0.3 is 5.97 Å². The molecule has 1 aromatic carbocycles. The number of amides is 1. The third kappa shape index (κ3) is 5.20. The van der Waals surface area contributed by atoms with E-state index in [0.29, 0.717) is 25.2 Å². The topological polar surface area (TPSA) is 102 Å². The standard InChI is InChI=1S/C18H26N2O6S/c1-4-25-18(22)14-9-11-20(12-10-14)27(23,24)16-7-5-15(6-8-16)26-13(2)17(21)19-3/h5-8,13-14H,4,9-12H2,1-3H3,(H,19,21)/t13-/m0/s1. The lowest BCUT2D eigenvalue weighted by molar-refractivity contribution is -0.149. The van der Waals surface area contributed by atoms with E-state index in [1.807, 2.05) is 0 Å². The number of nitrogens with zero attached hydrogens (tertiary/aromatic N) is 1. The van der Waals surface area contributed by atoms with Gasteiger partial charge in [0.2, 0.25) is 10.0 Å². The molecule has 0 aliphatic carbocycles. The van der Waals surface area contributed by atoms with Crippen molar-refractivity contribution in [1.82, 2.24) is 9.62 Å². The van der Waals surface area contributed by atoms with Crippen molar-refractivity contribution in [2.24, 2.45) is 5.92 Å². The molecule has 0 saturated carbocycles. The Balaban J connectivity index is 2.01. The quantitative estimate of drug-likeness (QED) is 0.692. The largest absolute Gasteiger partial charge is 0.481 e. The summed E-state index contributed by atoms with van der Waals surface area (Å²) in [5.41, 5.74) is 0. The fourth-order valence-electron chi connectivity index (χ4n) is 2.89. The molecule has 1 heterocycles. The van der Waals surface area contributed by atoms with Crippen molar-refractivity contribution in [3.8, 4) is 5.75 Å². The number of benzene rings is 1. The highest BCUT2D eigenvalue weighted by Crippen LogP contribution is 2.26. The van der Waals surface area contributed by atoms with Crippen LogP contribution < -0.4 is 10.1 Å². The molecule has 1 saturated heterocycles. The Hall–Kier alpha value is -2.13. The minimum Gasteiger partial charge on any atom is -0.481 e. The number of carbonyl (C=O) groups excluding carboxylic acids is 2. The van der Waals surface area contributed by atoms with E-state index >= 15 is 0 Å². The fraction of sp³-hybridized carbons (Fsp3) is 0.556. The summed E-state index contributed by atoms with van der Waals surface area (Å²) in [5, 5.41) is 2.48. The molecule has 0 radical (unpaired) electrons. The molecule has 1 N–H and O–H groups in total. The number of nitrogens with one attached hydrogen (secondary N) is 1. The highest BCUT2D eigenvalue weighted by Gasteiger charge is 2.32. The molecule has 2 rings (SSSR count). The number of hydrogen-bond acceptors (Lipinski definition) is 6. The monoisotopic (exact) mass is 398 g/mol. The van der Waals surface area contributed by atoms with E-state index in [9.17, 15) is 18.0 Å². The van der Waals surface area contributed by atoms with E-state index in [1.54, 1.807) is 13.8 Å². The van der Waals surface area contributed by atoms with Crippen LogP contribution in [0.5, 0.6) is 5.75 Å². The van der Waals surface area contributed by atoms with Crippen molar-refractivity contribution >= 4 is 21.9 Å². The fourth-order valence-corrected chi connectivity index (χ4v) is 4.36. The van der Waals surface area contributed by atoms with E-state index < -0.39 is 16.1 Å². The summed E-state index contributed by atoms with van der Waals surface area (Å²) < 4.78 is 37.4. The molecule has 0 spiro atoms. The third-order valence-electron chi connectivity index (χ3n) is 4.46. The zero-order valence-electron chi connectivity index (χ0n) is 15.8. The number of carbonyl (C=O) groups is 2. The van der Waals surface area contributed by atoms with Gasteiger partial charge in [-0.1, -0.05) is 0 Å². The van der Waals surface area contributed by atoms with Crippen LogP contribution in [0.2, 0.25) is 0 Å². The van der Waals surface area contributed by atoms with Gasteiger partial charge < -0.3 is 14.8 Å². The van der Waals surface area contributed by atoms with Gasteiger partial charge in [0.05, 0.1) is 17.4 Å². The SMILES string of the molecule is CCOC(=O)C1CCN(S(=O)(=O)c2ccc(O[C@@H](C)C(=O)NC)cc2)CC1. The molecule has 1 atom stereocenters. The number of hydrogen-bond donors (Lipinski definition) is 1. The van der Waals surface area contributed by atoms with Gasteiger partial charge in [-0.25, -0.2) is 8.42 Å². The van der Waals surface area contributed by atoms with Crippen LogP contribution in [0, 0.1) is 5.92 Å². The summed E-state index contributed by atoms with van der Waals surface area (Å²) in [6.07, 6.45) is 0.214. The Morgan fingerprint density at radius 3 is 2.33 bits per heavy atom. The van der Waals surface area contributed by atoms with E-state index in [-0.39, 0.29) is 35.8 Å². The Morgan fingerprint density at radius 1 is 1.22 bits per heavy atom. The van der Waals surface area contributed by atoms with E-state index in [1.165, 1.54) is 35.6 Å². The van der Waals surface area contributed by atoms with Gasteiger partial charge in [-0.05, 0) is 51.0 Å². The lowest BCUT2D eigenvalue weighted by Gasteiger charge is -2.30. The lowest BCUT2D eigenvalue weighted by Crippen LogP contribution is -2.40. The molecule has 1 fully saturated rings. The number of piperidine rings is 1. The minimum absolute atomic E-state index is 0.150. The average Bonchev–Trinajstić information content (AvgIpc) is 2.68. The number of ether oxygens (including phenoxy) is 2. The maximum absolute atomic E-state index is 12.8. The highest BCUT2D eigenvalue weighted by molar-refractivity contribution is 7.89. The number of rotatable bonds is 7. The molecule has 1 amide bonds. The summed E-state index contributed by atoms with van der Waals surface area (Å²) in [4.78, 5) is 23.4. The van der Waals surface area contributed by atoms with Gasteiger partial charge in [0.1, 0.15) is 5.75 Å². The van der Waals surface area contributed by atoms with Crippen LogP contribution in [0.15, 0.2) is 29.2 Å².